The van der Waals surface area contributed by atoms with Crippen LogP contribution in [0.5, 0.6) is 0 Å². The molecule has 0 bridgehead atoms. The van der Waals surface area contributed by atoms with Crippen molar-refractivity contribution in [3.63, 3.8) is 0 Å². The molecule has 0 radical (unpaired) electrons. The lowest BCUT2D eigenvalue weighted by atomic mass is 9.81. The Kier molecular flexibility index (Phi) is 1.94. The highest BCUT2D eigenvalue weighted by Crippen LogP contribution is 2.30. The molecule has 0 heterocycles. The zero-order valence-electron chi connectivity index (χ0n) is 6.48. The first-order valence-corrected chi connectivity index (χ1v) is 3.85. The monoisotopic (exact) mass is 124 g/mol. The lowest BCUT2D eigenvalue weighted by Gasteiger charge is -2.25. The van der Waals surface area contributed by atoms with Gasteiger partial charge in [0.1, 0.15) is 0 Å². The van der Waals surface area contributed by atoms with Crippen LogP contribution in [0, 0.1) is 11.8 Å². The first-order valence-electron chi connectivity index (χ1n) is 3.85. The Labute approximate surface area is 58.0 Å². The molecule has 0 aliphatic heterocycles. The zero-order chi connectivity index (χ0) is 6.85. The largest absolute Gasteiger partial charge is 0.0998 e. The van der Waals surface area contributed by atoms with E-state index in [9.17, 15) is 0 Å². The van der Waals surface area contributed by atoms with E-state index >= 15 is 0 Å². The molecule has 0 saturated heterocycles. The number of hydrogen-bond donors (Lipinski definition) is 0. The van der Waals surface area contributed by atoms with Gasteiger partial charge >= 0.3 is 0 Å². The normalized spacial score (nSPS) is 36.9. The van der Waals surface area contributed by atoms with E-state index in [1.54, 1.807) is 0 Å². The lowest BCUT2D eigenvalue weighted by Crippen LogP contribution is -2.11. The van der Waals surface area contributed by atoms with Crippen molar-refractivity contribution in [2.75, 3.05) is 0 Å². The van der Waals surface area contributed by atoms with Crippen molar-refractivity contribution in [1.82, 2.24) is 0 Å². The summed E-state index contributed by atoms with van der Waals surface area (Å²) in [6.07, 6.45) is 3.94. The predicted molar refractivity (Wildman–Crippen MR) is 41.3 cm³/mol. The fourth-order valence-electron chi connectivity index (χ4n) is 1.92. The van der Waals surface area contributed by atoms with Crippen LogP contribution in [0.25, 0.3) is 0 Å². The second-order valence-corrected chi connectivity index (χ2v) is 3.60. The quantitative estimate of drug-likeness (QED) is 0.435. The van der Waals surface area contributed by atoms with Gasteiger partial charge in [0.2, 0.25) is 0 Å². The summed E-state index contributed by atoms with van der Waals surface area (Å²) in [5.74, 6) is 1.78. The van der Waals surface area contributed by atoms with Gasteiger partial charge in [0.25, 0.3) is 0 Å². The summed E-state index contributed by atoms with van der Waals surface area (Å²) in [7, 11) is 0. The van der Waals surface area contributed by atoms with E-state index in [0.29, 0.717) is 0 Å². The highest BCUT2D eigenvalue weighted by atomic mass is 14.2. The van der Waals surface area contributed by atoms with Crippen LogP contribution >= 0.6 is 0 Å². The Morgan fingerprint density at radius 3 is 2.00 bits per heavy atom. The van der Waals surface area contributed by atoms with Gasteiger partial charge in [-0.2, -0.15) is 0 Å². The fourth-order valence-corrected chi connectivity index (χ4v) is 1.92. The number of allylic oxidation sites excluding steroid dienone is 1. The predicted octanol–water partition coefficient (Wildman–Crippen LogP) is 3.00. The van der Waals surface area contributed by atoms with Crippen LogP contribution in [0.2, 0.25) is 0 Å². The molecular formula is C9H16. The van der Waals surface area contributed by atoms with E-state index < -0.39 is 0 Å². The Morgan fingerprint density at radius 2 is 1.67 bits per heavy atom. The molecule has 0 aromatic heterocycles. The van der Waals surface area contributed by atoms with Crippen LogP contribution < -0.4 is 0 Å². The van der Waals surface area contributed by atoms with Crippen molar-refractivity contribution in [2.45, 2.75) is 33.1 Å². The molecule has 0 heteroatoms. The molecule has 1 rings (SSSR count). The third kappa shape index (κ3) is 1.85. The minimum absolute atomic E-state index is 0.890. The molecule has 0 amide bonds. The van der Waals surface area contributed by atoms with Crippen LogP contribution in [-0.2, 0) is 0 Å². The summed E-state index contributed by atoms with van der Waals surface area (Å²) >= 11 is 0. The average molecular weight is 124 g/mol. The van der Waals surface area contributed by atoms with E-state index in [2.05, 4.69) is 20.4 Å². The molecule has 0 aromatic rings. The molecular weight excluding hydrogens is 108 g/mol. The van der Waals surface area contributed by atoms with E-state index in [1.807, 2.05) is 0 Å². The molecule has 1 saturated carbocycles. The smallest absolute Gasteiger partial charge is 0.0297 e. The maximum atomic E-state index is 4.01. The van der Waals surface area contributed by atoms with Gasteiger partial charge in [0.05, 0.1) is 0 Å². The van der Waals surface area contributed by atoms with E-state index in [4.69, 9.17) is 0 Å². The van der Waals surface area contributed by atoms with E-state index in [1.165, 1.54) is 24.8 Å². The van der Waals surface area contributed by atoms with E-state index in [0.717, 1.165) is 11.8 Å². The number of hydrogen-bond acceptors (Lipinski definition) is 0. The van der Waals surface area contributed by atoms with Crippen molar-refractivity contribution >= 4 is 0 Å². The minimum Gasteiger partial charge on any atom is -0.0998 e. The van der Waals surface area contributed by atoms with Crippen LogP contribution in [0.3, 0.4) is 0 Å². The van der Waals surface area contributed by atoms with Gasteiger partial charge in [-0.15, -0.1) is 0 Å². The summed E-state index contributed by atoms with van der Waals surface area (Å²) in [4.78, 5) is 0. The van der Waals surface area contributed by atoms with Gasteiger partial charge in [0.15, 0.2) is 0 Å². The summed E-state index contributed by atoms with van der Waals surface area (Å²) < 4.78 is 0. The van der Waals surface area contributed by atoms with Gasteiger partial charge in [-0.05, 0) is 31.1 Å². The van der Waals surface area contributed by atoms with Crippen molar-refractivity contribution < 1.29 is 0 Å². The Morgan fingerprint density at radius 1 is 1.22 bits per heavy atom. The summed E-state index contributed by atoms with van der Waals surface area (Å²) in [5.41, 5.74) is 1.46. The fraction of sp³-hybridized carbons (Fsp3) is 0.778. The van der Waals surface area contributed by atoms with Crippen LogP contribution in [0.1, 0.15) is 33.1 Å². The Balaban J connectivity index is 2.43. The molecule has 0 N–H and O–H groups in total. The standard InChI is InChI=1S/C9H16/c1-7-4-8(2)6-9(3)5-7/h8-9H,1,4-6H2,2-3H3/t8-,9+. The molecule has 2 atom stereocenters. The first kappa shape index (κ1) is 6.85. The van der Waals surface area contributed by atoms with E-state index in [-0.39, 0.29) is 0 Å². The second-order valence-electron chi connectivity index (χ2n) is 3.60. The first-order chi connectivity index (χ1) is 4.18. The lowest BCUT2D eigenvalue weighted by molar-refractivity contribution is 0.359. The summed E-state index contributed by atoms with van der Waals surface area (Å²) in [5, 5.41) is 0. The zero-order valence-corrected chi connectivity index (χ0v) is 6.48. The molecule has 0 aromatic carbocycles. The molecule has 9 heavy (non-hydrogen) atoms. The van der Waals surface area contributed by atoms with Crippen molar-refractivity contribution in [3.8, 4) is 0 Å². The van der Waals surface area contributed by atoms with Gasteiger partial charge in [-0.3, -0.25) is 0 Å². The van der Waals surface area contributed by atoms with Crippen molar-refractivity contribution in [3.05, 3.63) is 12.2 Å². The average Bonchev–Trinajstić information content (AvgIpc) is 1.59. The maximum Gasteiger partial charge on any atom is -0.0297 e. The molecule has 0 nitrogen and oxygen atoms in total. The van der Waals surface area contributed by atoms with Gasteiger partial charge in [-0.25, -0.2) is 0 Å². The Bertz CT molecular complexity index is 101. The van der Waals surface area contributed by atoms with Gasteiger partial charge in [-0.1, -0.05) is 26.0 Å². The highest BCUT2D eigenvalue weighted by Gasteiger charge is 2.16. The number of rotatable bonds is 0. The third-order valence-corrected chi connectivity index (χ3v) is 2.08. The molecule has 0 spiro atoms. The van der Waals surface area contributed by atoms with Gasteiger partial charge in [0, 0.05) is 0 Å². The molecule has 52 valence electrons. The van der Waals surface area contributed by atoms with Crippen LogP contribution in [-0.4, -0.2) is 0 Å². The van der Waals surface area contributed by atoms with Crippen molar-refractivity contribution in [1.29, 1.82) is 0 Å². The second kappa shape index (κ2) is 2.55. The molecule has 0 unspecified atom stereocenters. The summed E-state index contributed by atoms with van der Waals surface area (Å²) in [6.45, 7) is 8.66. The SMILES string of the molecule is C=C1C[C@@H](C)C[C@@H](C)C1. The van der Waals surface area contributed by atoms with Crippen LogP contribution in [0.15, 0.2) is 12.2 Å². The molecule has 1 aliphatic carbocycles. The highest BCUT2D eigenvalue weighted by molar-refractivity contribution is 5.00. The summed E-state index contributed by atoms with van der Waals surface area (Å²) in [6, 6.07) is 0. The van der Waals surface area contributed by atoms with Gasteiger partial charge < -0.3 is 0 Å². The topological polar surface area (TPSA) is 0 Å². The van der Waals surface area contributed by atoms with Crippen LogP contribution in [0.4, 0.5) is 0 Å². The molecule has 1 fully saturated rings. The molecule has 1 aliphatic rings. The van der Waals surface area contributed by atoms with Crippen molar-refractivity contribution in [2.24, 2.45) is 11.8 Å². The minimum atomic E-state index is 0.890. The Hall–Kier alpha value is -0.260. The third-order valence-electron chi connectivity index (χ3n) is 2.08. The maximum absolute atomic E-state index is 4.01.